The van der Waals surface area contributed by atoms with Crippen LogP contribution in [0.5, 0.6) is 5.75 Å². The number of alkyl halides is 3. The number of carboxylic acids is 1. The second-order valence-electron chi connectivity index (χ2n) is 3.64. The Balaban J connectivity index is 3.46. The average molecular weight is 283 g/mol. The molecule has 0 heterocycles. The summed E-state index contributed by atoms with van der Waals surface area (Å²) in [6.07, 6.45) is -4.59. The monoisotopic (exact) mass is 282 g/mol. The van der Waals surface area contributed by atoms with Crippen molar-refractivity contribution in [2.24, 2.45) is 0 Å². The molecule has 0 aliphatic carbocycles. The largest absolute Gasteiger partial charge is 0.495 e. The number of hydrogen-bond donors (Lipinski definition) is 1. The van der Waals surface area contributed by atoms with E-state index in [1.807, 2.05) is 0 Å². The van der Waals surface area contributed by atoms with Gasteiger partial charge in [0.1, 0.15) is 5.75 Å². The molecule has 0 aliphatic heterocycles. The van der Waals surface area contributed by atoms with Crippen LogP contribution in [0.15, 0.2) is 12.1 Å². The highest BCUT2D eigenvalue weighted by molar-refractivity contribution is 6.32. The molecule has 1 N–H and O–H groups in total. The third kappa shape index (κ3) is 2.87. The number of halogens is 4. The first-order valence-electron chi connectivity index (χ1n) is 4.86. The number of carboxylic acid groups (broad SMARTS) is 1. The number of ether oxygens (including phenoxy) is 1. The molecule has 0 amide bonds. The first-order valence-corrected chi connectivity index (χ1v) is 5.23. The summed E-state index contributed by atoms with van der Waals surface area (Å²) in [6, 6.07) is 1.45. The summed E-state index contributed by atoms with van der Waals surface area (Å²) in [4.78, 5) is 10.9. The van der Waals surface area contributed by atoms with Crippen molar-refractivity contribution < 1.29 is 27.8 Å². The fraction of sp³-hybridized carbons (Fsp3) is 0.364. The van der Waals surface area contributed by atoms with Gasteiger partial charge in [0.05, 0.1) is 23.6 Å². The van der Waals surface area contributed by atoms with Crippen LogP contribution in [-0.4, -0.2) is 18.2 Å². The highest BCUT2D eigenvalue weighted by Crippen LogP contribution is 2.40. The van der Waals surface area contributed by atoms with E-state index in [4.69, 9.17) is 21.4 Å². The lowest BCUT2D eigenvalue weighted by Crippen LogP contribution is -2.12. The van der Waals surface area contributed by atoms with Gasteiger partial charge in [0, 0.05) is 5.56 Å². The van der Waals surface area contributed by atoms with E-state index in [2.05, 4.69) is 0 Å². The molecule has 0 fully saturated rings. The number of aliphatic carboxylic acids is 1. The van der Waals surface area contributed by atoms with Crippen LogP contribution >= 0.6 is 11.6 Å². The lowest BCUT2D eigenvalue weighted by atomic mass is 9.97. The summed E-state index contributed by atoms with van der Waals surface area (Å²) < 4.78 is 42.7. The Hall–Kier alpha value is -1.43. The molecule has 1 aromatic rings. The molecule has 7 heteroatoms. The van der Waals surface area contributed by atoms with Gasteiger partial charge in [-0.15, -0.1) is 0 Å². The Labute approximate surface area is 106 Å². The van der Waals surface area contributed by atoms with E-state index < -0.39 is 23.6 Å². The Bertz CT molecular complexity index is 471. The summed E-state index contributed by atoms with van der Waals surface area (Å²) >= 11 is 5.67. The van der Waals surface area contributed by atoms with Gasteiger partial charge in [0.15, 0.2) is 0 Å². The van der Waals surface area contributed by atoms with E-state index in [0.717, 1.165) is 6.07 Å². The highest BCUT2D eigenvalue weighted by atomic mass is 35.5. The maximum Gasteiger partial charge on any atom is 0.416 e. The maximum atomic E-state index is 12.6. The van der Waals surface area contributed by atoms with Gasteiger partial charge in [-0.1, -0.05) is 11.6 Å². The molecule has 1 rings (SSSR count). The van der Waals surface area contributed by atoms with Gasteiger partial charge in [-0.2, -0.15) is 13.2 Å². The number of carbonyl (C=O) groups is 1. The third-order valence-corrected chi connectivity index (χ3v) is 2.72. The molecule has 0 radical (unpaired) electrons. The second-order valence-corrected chi connectivity index (χ2v) is 4.05. The van der Waals surface area contributed by atoms with Gasteiger partial charge in [-0.3, -0.25) is 4.79 Å². The molecule has 0 aromatic heterocycles. The van der Waals surface area contributed by atoms with Gasteiger partial charge < -0.3 is 9.84 Å². The van der Waals surface area contributed by atoms with Crippen LogP contribution in [0.1, 0.15) is 24.0 Å². The maximum absolute atomic E-state index is 12.6. The van der Waals surface area contributed by atoms with Crippen LogP contribution in [0, 0.1) is 0 Å². The molecule has 100 valence electrons. The fourth-order valence-corrected chi connectivity index (χ4v) is 1.75. The van der Waals surface area contributed by atoms with Crippen molar-refractivity contribution in [2.75, 3.05) is 7.11 Å². The van der Waals surface area contributed by atoms with Crippen molar-refractivity contribution >= 4 is 17.6 Å². The molecule has 1 atom stereocenters. The molecule has 1 aromatic carbocycles. The van der Waals surface area contributed by atoms with Crippen LogP contribution in [0.3, 0.4) is 0 Å². The second kappa shape index (κ2) is 5.06. The van der Waals surface area contributed by atoms with Gasteiger partial charge in [0.25, 0.3) is 0 Å². The number of methoxy groups -OCH3 is 1. The van der Waals surface area contributed by atoms with E-state index in [0.29, 0.717) is 6.07 Å². The summed E-state index contributed by atoms with van der Waals surface area (Å²) in [6.45, 7) is 1.26. The van der Waals surface area contributed by atoms with Crippen molar-refractivity contribution in [3.05, 3.63) is 28.3 Å². The lowest BCUT2D eigenvalue weighted by molar-refractivity contribution is -0.140. The van der Waals surface area contributed by atoms with Gasteiger partial charge in [-0.05, 0) is 19.1 Å². The zero-order valence-electron chi connectivity index (χ0n) is 9.51. The smallest absolute Gasteiger partial charge is 0.416 e. The molecule has 3 nitrogen and oxygen atoms in total. The topological polar surface area (TPSA) is 46.5 Å². The van der Waals surface area contributed by atoms with Crippen molar-refractivity contribution in [1.82, 2.24) is 0 Å². The zero-order valence-corrected chi connectivity index (χ0v) is 10.3. The number of benzene rings is 1. The molecular formula is C11H10ClF3O3. The van der Waals surface area contributed by atoms with Gasteiger partial charge in [0.2, 0.25) is 0 Å². The number of hydrogen-bond acceptors (Lipinski definition) is 2. The van der Waals surface area contributed by atoms with Crippen LogP contribution in [0.2, 0.25) is 5.02 Å². The summed E-state index contributed by atoms with van der Waals surface area (Å²) in [5.41, 5.74) is -1.11. The van der Waals surface area contributed by atoms with E-state index in [1.165, 1.54) is 14.0 Å². The quantitative estimate of drug-likeness (QED) is 0.922. The summed E-state index contributed by atoms with van der Waals surface area (Å²) in [5.74, 6) is -2.47. The lowest BCUT2D eigenvalue weighted by Gasteiger charge is -2.16. The minimum atomic E-state index is -4.59. The molecule has 0 saturated carbocycles. The Morgan fingerprint density at radius 1 is 1.44 bits per heavy atom. The van der Waals surface area contributed by atoms with Crippen molar-refractivity contribution in [3.63, 3.8) is 0 Å². The summed E-state index contributed by atoms with van der Waals surface area (Å²) in [5, 5.41) is 8.59. The minimum absolute atomic E-state index is 0.0560. The molecular weight excluding hydrogens is 273 g/mol. The predicted molar refractivity (Wildman–Crippen MR) is 59.1 cm³/mol. The molecule has 0 aliphatic rings. The van der Waals surface area contributed by atoms with Gasteiger partial charge in [-0.25, -0.2) is 0 Å². The van der Waals surface area contributed by atoms with E-state index in [9.17, 15) is 18.0 Å². The summed E-state index contributed by atoms with van der Waals surface area (Å²) in [7, 11) is 1.21. The minimum Gasteiger partial charge on any atom is -0.495 e. The average Bonchev–Trinajstić information content (AvgIpc) is 2.25. The Kier molecular flexibility index (Phi) is 4.11. The van der Waals surface area contributed by atoms with Crippen molar-refractivity contribution in [1.29, 1.82) is 0 Å². The van der Waals surface area contributed by atoms with E-state index in [-0.39, 0.29) is 16.3 Å². The zero-order chi connectivity index (χ0) is 14.1. The first kappa shape index (κ1) is 14.6. The van der Waals surface area contributed by atoms with E-state index in [1.54, 1.807) is 0 Å². The first-order chi connectivity index (χ1) is 8.18. The van der Waals surface area contributed by atoms with Crippen LogP contribution < -0.4 is 4.74 Å². The molecule has 0 saturated heterocycles. The standard InChI is InChI=1S/C11H10ClF3O3/c1-5(10(16)17)7-3-6(11(13,14)15)4-8(12)9(7)18-2/h3-5H,1-2H3,(H,16,17). The van der Waals surface area contributed by atoms with Crippen LogP contribution in [0.25, 0.3) is 0 Å². The Morgan fingerprint density at radius 3 is 2.39 bits per heavy atom. The van der Waals surface area contributed by atoms with E-state index >= 15 is 0 Å². The third-order valence-electron chi connectivity index (χ3n) is 2.44. The number of rotatable bonds is 3. The van der Waals surface area contributed by atoms with Crippen LogP contribution in [-0.2, 0) is 11.0 Å². The van der Waals surface area contributed by atoms with Gasteiger partial charge >= 0.3 is 12.1 Å². The van der Waals surface area contributed by atoms with Crippen LogP contribution in [0.4, 0.5) is 13.2 Å². The normalized spacial score (nSPS) is 13.2. The molecule has 0 bridgehead atoms. The highest BCUT2D eigenvalue weighted by Gasteiger charge is 2.33. The molecule has 18 heavy (non-hydrogen) atoms. The molecule has 0 spiro atoms. The SMILES string of the molecule is COc1c(Cl)cc(C(F)(F)F)cc1C(C)C(=O)O. The van der Waals surface area contributed by atoms with Crippen molar-refractivity contribution in [3.8, 4) is 5.75 Å². The van der Waals surface area contributed by atoms with Crippen molar-refractivity contribution in [2.45, 2.75) is 19.0 Å². The predicted octanol–water partition coefficient (Wildman–Crippen LogP) is 3.56. The molecule has 1 unspecified atom stereocenters. The Morgan fingerprint density at radius 2 is 2.00 bits per heavy atom. The fourth-order valence-electron chi connectivity index (χ4n) is 1.45.